The van der Waals surface area contributed by atoms with E-state index in [4.69, 9.17) is 33.2 Å². The third-order valence-electron chi connectivity index (χ3n) is 9.38. The third-order valence-corrected chi connectivity index (χ3v) is 11.1. The van der Waals surface area contributed by atoms with Gasteiger partial charge in [-0.2, -0.15) is 0 Å². The van der Waals surface area contributed by atoms with Crippen LogP contribution in [-0.4, -0.2) is 65.1 Å². The highest BCUT2D eigenvalue weighted by atomic mass is 28.3. The monoisotopic (exact) mass is 716 g/mol. The summed E-state index contributed by atoms with van der Waals surface area (Å²) in [5.74, 6) is -0.139. The Labute approximate surface area is 305 Å². The van der Waals surface area contributed by atoms with E-state index in [2.05, 4.69) is 19.6 Å². The summed E-state index contributed by atoms with van der Waals surface area (Å²) in [7, 11) is -0.0459. The minimum Gasteiger partial charge on any atom is -0.478 e. The van der Waals surface area contributed by atoms with Gasteiger partial charge in [0.25, 0.3) is 0 Å². The molecule has 0 aromatic heterocycles. The molecule has 1 aliphatic carbocycles. The molecule has 0 unspecified atom stereocenters. The Kier molecular flexibility index (Phi) is 15.3. The molecule has 1 saturated heterocycles. The summed E-state index contributed by atoms with van der Waals surface area (Å²) in [4.78, 5) is 13.4. The molecule has 8 nitrogen and oxygen atoms in total. The topological polar surface area (TPSA) is 81.7 Å². The summed E-state index contributed by atoms with van der Waals surface area (Å²) in [6, 6.07) is 31.0. The van der Waals surface area contributed by atoms with Gasteiger partial charge in [-0.3, -0.25) is 0 Å². The molecule has 0 N–H and O–H groups in total. The van der Waals surface area contributed by atoms with E-state index in [0.29, 0.717) is 26.4 Å². The molecule has 5 atom stereocenters. The molecule has 1 heterocycles. The number of esters is 1. The number of carbonyl (C=O) groups excluding carboxylic acids is 1. The Morgan fingerprint density at radius 2 is 1.27 bits per heavy atom. The highest BCUT2D eigenvalue weighted by Crippen LogP contribution is 2.34. The fourth-order valence-electron chi connectivity index (χ4n) is 6.46. The van der Waals surface area contributed by atoms with Crippen LogP contribution in [0.1, 0.15) is 48.8 Å². The van der Waals surface area contributed by atoms with Crippen molar-refractivity contribution in [1.29, 1.82) is 0 Å². The number of benzene rings is 3. The van der Waals surface area contributed by atoms with Gasteiger partial charge in [0.1, 0.15) is 18.3 Å². The predicted octanol–water partition coefficient (Wildman–Crippen LogP) is 8.48. The van der Waals surface area contributed by atoms with Crippen molar-refractivity contribution in [3.8, 4) is 0 Å². The molecule has 276 valence electrons. The minimum absolute atomic E-state index is 0.169. The average Bonchev–Trinajstić information content (AvgIpc) is 3.14. The second-order valence-electron chi connectivity index (χ2n) is 14.8. The lowest BCUT2D eigenvalue weighted by Gasteiger charge is -2.46. The normalized spacial score (nSPS) is 23.1. The van der Waals surface area contributed by atoms with E-state index < -0.39 is 44.7 Å². The van der Waals surface area contributed by atoms with Gasteiger partial charge in [0.15, 0.2) is 12.4 Å². The molecule has 51 heavy (non-hydrogen) atoms. The number of hydrogen-bond donors (Lipinski definition) is 0. The predicted molar refractivity (Wildman–Crippen MR) is 200 cm³/mol. The van der Waals surface area contributed by atoms with Gasteiger partial charge in [-0.25, -0.2) is 4.79 Å². The van der Waals surface area contributed by atoms with Crippen LogP contribution in [0.15, 0.2) is 103 Å². The molecule has 2 fully saturated rings. The van der Waals surface area contributed by atoms with Gasteiger partial charge in [-0.05, 0) is 47.6 Å². The lowest BCUT2D eigenvalue weighted by atomic mass is 9.89. The van der Waals surface area contributed by atoms with Gasteiger partial charge < -0.3 is 33.2 Å². The zero-order chi connectivity index (χ0) is 35.9. The van der Waals surface area contributed by atoms with Crippen LogP contribution in [0.3, 0.4) is 0 Å². The van der Waals surface area contributed by atoms with Gasteiger partial charge >= 0.3 is 5.97 Å². The maximum atomic E-state index is 13.4. The SMILES string of the molecule is COC(=O)/C(=C\C1CCCCC1)O[C@H]1[C@@H](OCc2ccccc2)[C@@H](COCc2ccccc2)O[C@@H](OCC[Si](C)(C)C)[C@@H]1OCc1ccccc1. The van der Waals surface area contributed by atoms with Crippen LogP contribution in [0, 0.1) is 5.92 Å². The van der Waals surface area contributed by atoms with Crippen molar-refractivity contribution in [2.75, 3.05) is 20.3 Å². The van der Waals surface area contributed by atoms with Gasteiger partial charge in [0.2, 0.25) is 5.76 Å². The summed E-state index contributed by atoms with van der Waals surface area (Å²) < 4.78 is 45.3. The first kappa shape index (κ1) is 38.9. The molecule has 3 aromatic rings. The van der Waals surface area contributed by atoms with E-state index in [1.807, 2.05) is 97.1 Å². The average molecular weight is 717 g/mol. The molecule has 1 saturated carbocycles. The Morgan fingerprint density at radius 1 is 0.725 bits per heavy atom. The van der Waals surface area contributed by atoms with Crippen molar-refractivity contribution in [3.63, 3.8) is 0 Å². The Bertz CT molecular complexity index is 1460. The number of methoxy groups -OCH3 is 1. The van der Waals surface area contributed by atoms with Crippen LogP contribution < -0.4 is 0 Å². The van der Waals surface area contributed by atoms with E-state index in [-0.39, 0.29) is 18.3 Å². The maximum absolute atomic E-state index is 13.4. The minimum atomic E-state index is -1.43. The summed E-state index contributed by atoms with van der Waals surface area (Å²) in [6.07, 6.45) is 3.78. The largest absolute Gasteiger partial charge is 0.478 e. The van der Waals surface area contributed by atoms with Crippen molar-refractivity contribution in [1.82, 2.24) is 0 Å². The van der Waals surface area contributed by atoms with Crippen LogP contribution >= 0.6 is 0 Å². The van der Waals surface area contributed by atoms with Gasteiger partial charge in [-0.1, -0.05) is 130 Å². The Hall–Kier alpha value is -3.31. The summed E-state index contributed by atoms with van der Waals surface area (Å²) in [5, 5.41) is 0. The maximum Gasteiger partial charge on any atom is 0.372 e. The number of ether oxygens (including phenoxy) is 7. The van der Waals surface area contributed by atoms with E-state index in [9.17, 15) is 4.79 Å². The molecule has 9 heteroatoms. The fraction of sp³-hybridized carbons (Fsp3) is 0.500. The summed E-state index contributed by atoms with van der Waals surface area (Å²) >= 11 is 0. The Morgan fingerprint density at radius 3 is 1.82 bits per heavy atom. The second kappa shape index (κ2) is 20.1. The van der Waals surface area contributed by atoms with Crippen LogP contribution in [0.4, 0.5) is 0 Å². The molecular weight excluding hydrogens is 661 g/mol. The van der Waals surface area contributed by atoms with Crippen molar-refractivity contribution < 1.29 is 38.0 Å². The first-order valence-electron chi connectivity index (χ1n) is 18.5. The van der Waals surface area contributed by atoms with E-state index >= 15 is 0 Å². The van der Waals surface area contributed by atoms with E-state index in [1.165, 1.54) is 13.5 Å². The standard InChI is InChI=1S/C42H56O8Si/c1-44-41(43)36(27-32-17-9-5-10-18-32)49-39-38(47-29-34-21-13-7-14-22-34)37(31-45-28-33-19-11-6-12-20-33)50-42(46-25-26-51(2,3)4)40(39)48-30-35-23-15-8-16-24-35/h6-8,11-16,19-24,27,32,37-40,42H,5,9-10,17-18,25-26,28-31H2,1-4H3/b36-27+/t37-,38+,39+,40-,42-/m1/s1. The first-order chi connectivity index (χ1) is 24.8. The van der Waals surface area contributed by atoms with Crippen molar-refractivity contribution in [2.24, 2.45) is 5.92 Å². The molecule has 0 bridgehead atoms. The molecule has 0 spiro atoms. The molecule has 2 aliphatic rings. The lowest BCUT2D eigenvalue weighted by molar-refractivity contribution is -0.321. The zero-order valence-electron chi connectivity index (χ0n) is 30.7. The first-order valence-corrected chi connectivity index (χ1v) is 22.2. The lowest BCUT2D eigenvalue weighted by Crippen LogP contribution is -2.62. The molecule has 5 rings (SSSR count). The highest BCUT2D eigenvalue weighted by molar-refractivity contribution is 6.76. The summed E-state index contributed by atoms with van der Waals surface area (Å²) in [5.41, 5.74) is 3.05. The van der Waals surface area contributed by atoms with Crippen molar-refractivity contribution in [2.45, 2.75) is 108 Å². The molecule has 1 aliphatic heterocycles. The number of allylic oxidation sites excluding steroid dienone is 1. The molecular formula is C42H56O8Si. The van der Waals surface area contributed by atoms with Crippen LogP contribution in [0.2, 0.25) is 25.7 Å². The van der Waals surface area contributed by atoms with E-state index in [1.54, 1.807) is 0 Å². The molecule has 0 amide bonds. The zero-order valence-corrected chi connectivity index (χ0v) is 31.7. The fourth-order valence-corrected chi connectivity index (χ4v) is 7.19. The van der Waals surface area contributed by atoms with E-state index in [0.717, 1.165) is 48.4 Å². The quantitative estimate of drug-likeness (QED) is 0.0562. The van der Waals surface area contributed by atoms with Gasteiger partial charge in [0.05, 0.1) is 33.5 Å². The van der Waals surface area contributed by atoms with Gasteiger partial charge in [0, 0.05) is 14.7 Å². The van der Waals surface area contributed by atoms with Crippen LogP contribution in [-0.2, 0) is 57.8 Å². The van der Waals surface area contributed by atoms with Crippen molar-refractivity contribution in [3.05, 3.63) is 120 Å². The molecule has 3 aromatic carbocycles. The summed E-state index contributed by atoms with van der Waals surface area (Å²) in [6.45, 7) is 8.68. The second-order valence-corrected chi connectivity index (χ2v) is 20.4. The van der Waals surface area contributed by atoms with Crippen LogP contribution in [0.5, 0.6) is 0 Å². The highest BCUT2D eigenvalue weighted by Gasteiger charge is 2.50. The Balaban J connectivity index is 1.51. The number of rotatable bonds is 18. The smallest absolute Gasteiger partial charge is 0.372 e. The number of hydrogen-bond acceptors (Lipinski definition) is 8. The van der Waals surface area contributed by atoms with Crippen molar-refractivity contribution >= 4 is 14.0 Å². The third kappa shape index (κ3) is 12.7. The number of carbonyl (C=O) groups is 1. The van der Waals surface area contributed by atoms with Crippen LogP contribution in [0.25, 0.3) is 0 Å². The molecule has 0 radical (unpaired) electrons. The van der Waals surface area contributed by atoms with Gasteiger partial charge in [-0.15, -0.1) is 0 Å².